The van der Waals surface area contributed by atoms with Gasteiger partial charge in [0.25, 0.3) is 0 Å². The lowest BCUT2D eigenvalue weighted by Crippen LogP contribution is -2.27. The quantitative estimate of drug-likeness (QED) is 0.850. The average Bonchev–Trinajstić information content (AvgIpc) is 2.76. The lowest BCUT2D eigenvalue weighted by molar-refractivity contribution is 0.302. The first-order chi connectivity index (χ1) is 9.19. The van der Waals surface area contributed by atoms with Gasteiger partial charge in [-0.3, -0.25) is 0 Å². The van der Waals surface area contributed by atoms with Gasteiger partial charge in [-0.1, -0.05) is 0 Å². The lowest BCUT2D eigenvalue weighted by Gasteiger charge is -2.22. The maximum atomic E-state index is 9.18. The van der Waals surface area contributed by atoms with E-state index >= 15 is 0 Å². The summed E-state index contributed by atoms with van der Waals surface area (Å²) in [5.74, 6) is 1.56. The number of likely N-dealkylation sites (N-methyl/N-ethyl adjacent to an activating group) is 1. The van der Waals surface area contributed by atoms with Crippen LogP contribution in [0.5, 0.6) is 0 Å². The molecule has 104 valence electrons. The topological polar surface area (TPSA) is 61.3 Å². The molecule has 0 spiro atoms. The summed E-state index contributed by atoms with van der Waals surface area (Å²) in [6, 6.07) is 2.12. The first-order valence-corrected chi connectivity index (χ1v) is 7.39. The molecule has 2 heterocycles. The largest absolute Gasteiger partial charge is 0.395 e. The van der Waals surface area contributed by atoms with Gasteiger partial charge in [0.05, 0.1) is 12.0 Å². The molecule has 0 saturated heterocycles. The van der Waals surface area contributed by atoms with Gasteiger partial charge in [-0.05, 0) is 26.8 Å². The summed E-state index contributed by atoms with van der Waals surface area (Å²) in [5, 5.41) is 13.4. The highest BCUT2D eigenvalue weighted by atomic mass is 32.1. The molecular weight excluding hydrogens is 260 g/mol. The van der Waals surface area contributed by atoms with Crippen LogP contribution in [0.15, 0.2) is 6.07 Å². The van der Waals surface area contributed by atoms with Gasteiger partial charge in [-0.25, -0.2) is 4.98 Å². The zero-order valence-corrected chi connectivity index (χ0v) is 12.4. The Morgan fingerprint density at radius 1 is 1.37 bits per heavy atom. The maximum absolute atomic E-state index is 9.18. The Kier molecular flexibility index (Phi) is 4.55. The van der Waals surface area contributed by atoms with Crippen molar-refractivity contribution >= 4 is 33.3 Å². The molecule has 5 nitrogen and oxygen atoms in total. The third kappa shape index (κ3) is 2.96. The molecule has 0 aliphatic rings. The Morgan fingerprint density at radius 2 is 2.16 bits per heavy atom. The molecule has 0 saturated carbocycles. The van der Waals surface area contributed by atoms with Crippen LogP contribution >= 0.6 is 11.3 Å². The Morgan fingerprint density at radius 3 is 2.79 bits per heavy atom. The van der Waals surface area contributed by atoms with E-state index in [9.17, 15) is 5.11 Å². The van der Waals surface area contributed by atoms with Gasteiger partial charge < -0.3 is 15.3 Å². The second-order valence-electron chi connectivity index (χ2n) is 4.28. The summed E-state index contributed by atoms with van der Waals surface area (Å²) < 4.78 is 0. The van der Waals surface area contributed by atoms with Gasteiger partial charge in [0.15, 0.2) is 0 Å². The van der Waals surface area contributed by atoms with Gasteiger partial charge in [0.2, 0.25) is 5.95 Å². The Bertz CT molecular complexity index is 555. The molecule has 0 aromatic carbocycles. The zero-order chi connectivity index (χ0) is 13.8. The molecule has 0 fully saturated rings. The number of rotatable bonds is 6. The molecule has 0 aliphatic carbocycles. The van der Waals surface area contributed by atoms with E-state index in [0.29, 0.717) is 12.5 Å². The Labute approximate surface area is 117 Å². The number of thiophene rings is 1. The summed E-state index contributed by atoms with van der Waals surface area (Å²) in [7, 11) is 0. The first-order valence-electron chi connectivity index (χ1n) is 6.57. The summed E-state index contributed by atoms with van der Waals surface area (Å²) in [5.41, 5.74) is 0. The maximum Gasteiger partial charge on any atom is 0.226 e. The van der Waals surface area contributed by atoms with Crippen LogP contribution in [-0.2, 0) is 0 Å². The monoisotopic (exact) mass is 280 g/mol. The van der Waals surface area contributed by atoms with E-state index in [-0.39, 0.29) is 6.61 Å². The minimum Gasteiger partial charge on any atom is -0.395 e. The number of aryl methyl sites for hydroxylation is 1. The SMILES string of the molecule is CCNc1nc(N(CC)CCO)c2cc(C)sc2n1. The third-order valence-electron chi connectivity index (χ3n) is 2.88. The van der Waals surface area contributed by atoms with Gasteiger partial charge in [-0.15, -0.1) is 11.3 Å². The van der Waals surface area contributed by atoms with Crippen LogP contribution in [0.2, 0.25) is 0 Å². The van der Waals surface area contributed by atoms with Crippen molar-refractivity contribution in [1.82, 2.24) is 9.97 Å². The van der Waals surface area contributed by atoms with Crippen molar-refractivity contribution in [1.29, 1.82) is 0 Å². The fourth-order valence-electron chi connectivity index (χ4n) is 2.04. The van der Waals surface area contributed by atoms with Crippen LogP contribution in [0.3, 0.4) is 0 Å². The first kappa shape index (κ1) is 14.0. The van der Waals surface area contributed by atoms with Crippen molar-refractivity contribution in [3.63, 3.8) is 0 Å². The smallest absolute Gasteiger partial charge is 0.226 e. The average molecular weight is 280 g/mol. The van der Waals surface area contributed by atoms with Crippen LogP contribution in [-0.4, -0.2) is 41.3 Å². The van der Waals surface area contributed by atoms with Crippen molar-refractivity contribution < 1.29 is 5.11 Å². The number of aromatic nitrogens is 2. The molecular formula is C13H20N4OS. The molecule has 19 heavy (non-hydrogen) atoms. The highest BCUT2D eigenvalue weighted by Gasteiger charge is 2.15. The highest BCUT2D eigenvalue weighted by molar-refractivity contribution is 7.18. The molecule has 0 unspecified atom stereocenters. The number of nitrogens with zero attached hydrogens (tertiary/aromatic N) is 3. The molecule has 0 radical (unpaired) electrons. The molecule has 6 heteroatoms. The fourth-order valence-corrected chi connectivity index (χ4v) is 2.91. The number of aliphatic hydroxyl groups is 1. The standard InChI is InChI=1S/C13H20N4OS/c1-4-14-13-15-11(17(5-2)6-7-18)10-8-9(3)19-12(10)16-13/h8,18H,4-7H2,1-3H3,(H,14,15,16). The van der Waals surface area contributed by atoms with Gasteiger partial charge in [0, 0.05) is 24.5 Å². The minimum atomic E-state index is 0.124. The number of aliphatic hydroxyl groups excluding tert-OH is 1. The van der Waals surface area contributed by atoms with Crippen molar-refractivity contribution in [3.8, 4) is 0 Å². The van der Waals surface area contributed by atoms with Crippen molar-refractivity contribution in [2.45, 2.75) is 20.8 Å². The van der Waals surface area contributed by atoms with E-state index in [1.165, 1.54) is 4.88 Å². The van der Waals surface area contributed by atoms with Gasteiger partial charge in [-0.2, -0.15) is 4.98 Å². The molecule has 2 N–H and O–H groups in total. The van der Waals surface area contributed by atoms with Crippen LogP contribution in [0, 0.1) is 6.92 Å². The van der Waals surface area contributed by atoms with Gasteiger partial charge in [0.1, 0.15) is 10.6 Å². The summed E-state index contributed by atoms with van der Waals surface area (Å²) >= 11 is 1.67. The zero-order valence-electron chi connectivity index (χ0n) is 11.6. The van der Waals surface area contributed by atoms with Crippen LogP contribution in [0.4, 0.5) is 11.8 Å². The number of anilines is 2. The number of hydrogen-bond donors (Lipinski definition) is 2. The third-order valence-corrected chi connectivity index (χ3v) is 3.83. The van der Waals surface area contributed by atoms with E-state index in [2.05, 4.69) is 40.1 Å². The number of nitrogens with one attached hydrogen (secondary N) is 1. The Balaban J connectivity index is 2.54. The van der Waals surface area contributed by atoms with Crippen molar-refractivity contribution in [2.24, 2.45) is 0 Å². The summed E-state index contributed by atoms with van der Waals surface area (Å²) in [6.07, 6.45) is 0. The molecule has 0 aliphatic heterocycles. The predicted molar refractivity (Wildman–Crippen MR) is 81.3 cm³/mol. The molecule has 2 aromatic rings. The minimum absolute atomic E-state index is 0.124. The Hall–Kier alpha value is -1.40. The number of hydrogen-bond acceptors (Lipinski definition) is 6. The van der Waals surface area contributed by atoms with Crippen molar-refractivity contribution in [2.75, 3.05) is 36.5 Å². The van der Waals surface area contributed by atoms with Gasteiger partial charge >= 0.3 is 0 Å². The van der Waals surface area contributed by atoms with E-state index in [4.69, 9.17) is 0 Å². The lowest BCUT2D eigenvalue weighted by atomic mass is 10.3. The summed E-state index contributed by atoms with van der Waals surface area (Å²) in [6.45, 7) is 8.48. The summed E-state index contributed by atoms with van der Waals surface area (Å²) in [4.78, 5) is 13.4. The second kappa shape index (κ2) is 6.16. The van der Waals surface area contributed by atoms with Crippen LogP contribution < -0.4 is 10.2 Å². The van der Waals surface area contributed by atoms with E-state index < -0.39 is 0 Å². The normalized spacial score (nSPS) is 10.9. The fraction of sp³-hybridized carbons (Fsp3) is 0.538. The number of fused-ring (bicyclic) bond motifs is 1. The van der Waals surface area contributed by atoms with Crippen LogP contribution in [0.1, 0.15) is 18.7 Å². The van der Waals surface area contributed by atoms with E-state index in [1.807, 2.05) is 6.92 Å². The predicted octanol–water partition coefficient (Wildman–Crippen LogP) is 2.25. The van der Waals surface area contributed by atoms with Crippen LogP contribution in [0.25, 0.3) is 10.2 Å². The van der Waals surface area contributed by atoms with Crippen molar-refractivity contribution in [3.05, 3.63) is 10.9 Å². The highest BCUT2D eigenvalue weighted by Crippen LogP contribution is 2.31. The molecule has 2 rings (SSSR count). The molecule has 0 bridgehead atoms. The van der Waals surface area contributed by atoms with E-state index in [0.717, 1.165) is 29.1 Å². The molecule has 2 aromatic heterocycles. The van der Waals surface area contributed by atoms with E-state index in [1.54, 1.807) is 11.3 Å². The molecule has 0 atom stereocenters. The molecule has 0 amide bonds. The second-order valence-corrected chi connectivity index (χ2v) is 5.52.